The van der Waals surface area contributed by atoms with Crippen LogP contribution in [0.1, 0.15) is 11.4 Å². The molecule has 1 saturated heterocycles. The van der Waals surface area contributed by atoms with Crippen molar-refractivity contribution in [1.29, 1.82) is 0 Å². The number of aromatic nitrogens is 5. The molecule has 26 heavy (non-hydrogen) atoms. The molecular formula is C18H22N6OS. The monoisotopic (exact) mass is 370 g/mol. The second kappa shape index (κ2) is 7.92. The highest BCUT2D eigenvalue weighted by molar-refractivity contribution is 7.98. The Morgan fingerprint density at radius 2 is 1.92 bits per heavy atom. The summed E-state index contributed by atoms with van der Waals surface area (Å²) >= 11 is 1.67. The van der Waals surface area contributed by atoms with Gasteiger partial charge in [0, 0.05) is 32.5 Å². The normalized spacial score (nSPS) is 14.7. The van der Waals surface area contributed by atoms with Crippen molar-refractivity contribution < 1.29 is 4.74 Å². The summed E-state index contributed by atoms with van der Waals surface area (Å²) in [5.74, 6) is 2.70. The first-order valence-corrected chi connectivity index (χ1v) is 9.68. The van der Waals surface area contributed by atoms with Gasteiger partial charge in [-0.3, -0.25) is 4.57 Å². The third kappa shape index (κ3) is 3.76. The summed E-state index contributed by atoms with van der Waals surface area (Å²) in [7, 11) is 2.01. The molecule has 0 N–H and O–H groups in total. The lowest BCUT2D eigenvalue weighted by Crippen LogP contribution is -2.38. The van der Waals surface area contributed by atoms with Crippen LogP contribution >= 0.6 is 11.8 Å². The summed E-state index contributed by atoms with van der Waals surface area (Å²) in [4.78, 5) is 6.65. The number of aryl methyl sites for hydroxylation is 1. The van der Waals surface area contributed by atoms with Crippen LogP contribution < -0.4 is 4.90 Å². The summed E-state index contributed by atoms with van der Waals surface area (Å²) in [6.45, 7) is 3.90. The lowest BCUT2D eigenvalue weighted by molar-refractivity contribution is 0.121. The van der Waals surface area contributed by atoms with Gasteiger partial charge in [0.25, 0.3) is 0 Å². The van der Waals surface area contributed by atoms with Crippen molar-refractivity contribution in [2.45, 2.75) is 17.5 Å². The molecule has 0 spiro atoms. The average molecular weight is 370 g/mol. The lowest BCUT2D eigenvalue weighted by Gasteiger charge is -2.28. The fourth-order valence-electron chi connectivity index (χ4n) is 2.95. The number of morpholine rings is 1. The van der Waals surface area contributed by atoms with E-state index in [4.69, 9.17) is 4.74 Å². The van der Waals surface area contributed by atoms with Crippen molar-refractivity contribution in [1.82, 2.24) is 24.3 Å². The van der Waals surface area contributed by atoms with Gasteiger partial charge in [0.15, 0.2) is 5.16 Å². The van der Waals surface area contributed by atoms with Crippen LogP contribution in [-0.2, 0) is 24.1 Å². The predicted octanol–water partition coefficient (Wildman–Crippen LogP) is 2.19. The number of thioether (sulfide) groups is 1. The van der Waals surface area contributed by atoms with Gasteiger partial charge in [-0.15, -0.1) is 10.2 Å². The first-order valence-electron chi connectivity index (χ1n) is 8.70. The molecule has 0 bridgehead atoms. The van der Waals surface area contributed by atoms with Crippen molar-refractivity contribution in [2.75, 3.05) is 31.2 Å². The molecule has 1 aliphatic heterocycles. The number of nitrogens with zero attached hydrogens (tertiary/aromatic N) is 6. The number of imidazole rings is 1. The van der Waals surface area contributed by atoms with E-state index < -0.39 is 0 Å². The highest BCUT2D eigenvalue weighted by Crippen LogP contribution is 2.26. The summed E-state index contributed by atoms with van der Waals surface area (Å²) in [6, 6.07) is 10.4. The molecule has 0 saturated carbocycles. The standard InChI is InChI=1S/C18H22N6OS/c1-22-8-7-19-16(22)14-26-18-21-20-17(23-9-11-25-12-10-23)24(18)13-15-5-3-2-4-6-15/h2-8H,9-14H2,1H3. The molecule has 0 atom stereocenters. The molecule has 1 fully saturated rings. The average Bonchev–Trinajstić information content (AvgIpc) is 3.27. The van der Waals surface area contributed by atoms with E-state index in [1.54, 1.807) is 11.8 Å². The Morgan fingerprint density at radius 3 is 2.65 bits per heavy atom. The Hall–Kier alpha value is -2.32. The highest BCUT2D eigenvalue weighted by atomic mass is 32.2. The van der Waals surface area contributed by atoms with Gasteiger partial charge in [0.2, 0.25) is 5.95 Å². The number of rotatable bonds is 6. The summed E-state index contributed by atoms with van der Waals surface area (Å²) in [5.41, 5.74) is 1.24. The van der Waals surface area contributed by atoms with E-state index in [-0.39, 0.29) is 0 Å². The van der Waals surface area contributed by atoms with Gasteiger partial charge < -0.3 is 14.2 Å². The SMILES string of the molecule is Cn1ccnc1CSc1nnc(N2CCOCC2)n1Cc1ccccc1. The minimum absolute atomic E-state index is 0.730. The Labute approximate surface area is 157 Å². The Kier molecular flexibility index (Phi) is 5.21. The number of ether oxygens (including phenoxy) is 1. The zero-order valence-electron chi connectivity index (χ0n) is 14.8. The maximum Gasteiger partial charge on any atom is 0.228 e. The van der Waals surface area contributed by atoms with Crippen molar-refractivity contribution in [3.63, 3.8) is 0 Å². The van der Waals surface area contributed by atoms with Gasteiger partial charge in [-0.2, -0.15) is 0 Å². The Morgan fingerprint density at radius 1 is 1.12 bits per heavy atom. The van der Waals surface area contributed by atoms with E-state index in [0.717, 1.165) is 55.5 Å². The highest BCUT2D eigenvalue weighted by Gasteiger charge is 2.21. The third-order valence-corrected chi connectivity index (χ3v) is 5.39. The van der Waals surface area contributed by atoms with Crippen molar-refractivity contribution >= 4 is 17.7 Å². The van der Waals surface area contributed by atoms with E-state index in [0.29, 0.717) is 0 Å². The molecule has 1 aromatic carbocycles. The molecule has 2 aromatic heterocycles. The van der Waals surface area contributed by atoms with Crippen LogP contribution in [0.25, 0.3) is 0 Å². The number of benzene rings is 1. The Balaban J connectivity index is 1.59. The van der Waals surface area contributed by atoms with Crippen LogP contribution in [0.5, 0.6) is 0 Å². The maximum absolute atomic E-state index is 5.48. The van der Waals surface area contributed by atoms with Gasteiger partial charge in [0.1, 0.15) is 5.82 Å². The number of anilines is 1. The second-order valence-corrected chi connectivity index (χ2v) is 7.14. The summed E-state index contributed by atoms with van der Waals surface area (Å²) in [6.07, 6.45) is 3.79. The van der Waals surface area contributed by atoms with E-state index in [1.165, 1.54) is 5.56 Å². The Bertz CT molecular complexity index is 841. The molecule has 3 heterocycles. The molecule has 8 heteroatoms. The van der Waals surface area contributed by atoms with Crippen LogP contribution in [0, 0.1) is 0 Å². The summed E-state index contributed by atoms with van der Waals surface area (Å²) in [5, 5.41) is 9.88. The number of hydrogen-bond donors (Lipinski definition) is 0. The lowest BCUT2D eigenvalue weighted by atomic mass is 10.2. The van der Waals surface area contributed by atoms with Gasteiger partial charge in [-0.1, -0.05) is 42.1 Å². The van der Waals surface area contributed by atoms with E-state index in [1.807, 2.05) is 30.1 Å². The van der Waals surface area contributed by atoms with Gasteiger partial charge in [-0.25, -0.2) is 4.98 Å². The minimum Gasteiger partial charge on any atom is -0.378 e. The van der Waals surface area contributed by atoms with E-state index in [9.17, 15) is 0 Å². The molecule has 1 aliphatic rings. The first-order chi connectivity index (χ1) is 12.8. The molecule has 4 rings (SSSR count). The molecular weight excluding hydrogens is 348 g/mol. The quantitative estimate of drug-likeness (QED) is 0.620. The zero-order valence-corrected chi connectivity index (χ0v) is 15.6. The number of hydrogen-bond acceptors (Lipinski definition) is 6. The van der Waals surface area contributed by atoms with Crippen LogP contribution in [-0.4, -0.2) is 50.6 Å². The fourth-order valence-corrected chi connectivity index (χ4v) is 3.89. The molecule has 136 valence electrons. The molecule has 0 unspecified atom stereocenters. The van der Waals surface area contributed by atoms with Crippen LogP contribution in [0.15, 0.2) is 47.9 Å². The third-order valence-electron chi connectivity index (χ3n) is 4.43. The van der Waals surface area contributed by atoms with E-state index in [2.05, 4.69) is 48.9 Å². The van der Waals surface area contributed by atoms with Crippen LogP contribution in [0.3, 0.4) is 0 Å². The largest absolute Gasteiger partial charge is 0.378 e. The molecule has 3 aromatic rings. The van der Waals surface area contributed by atoms with Gasteiger partial charge in [-0.05, 0) is 5.56 Å². The molecule has 0 amide bonds. The maximum atomic E-state index is 5.48. The molecule has 0 radical (unpaired) electrons. The van der Waals surface area contributed by atoms with Crippen LogP contribution in [0.4, 0.5) is 5.95 Å². The van der Waals surface area contributed by atoms with Crippen molar-refractivity contribution in [3.8, 4) is 0 Å². The topological polar surface area (TPSA) is 61.0 Å². The second-order valence-electron chi connectivity index (χ2n) is 6.20. The minimum atomic E-state index is 0.730. The van der Waals surface area contributed by atoms with Gasteiger partial charge >= 0.3 is 0 Å². The van der Waals surface area contributed by atoms with E-state index >= 15 is 0 Å². The van der Waals surface area contributed by atoms with Gasteiger partial charge in [0.05, 0.1) is 25.5 Å². The van der Waals surface area contributed by atoms with Crippen molar-refractivity contribution in [3.05, 3.63) is 54.1 Å². The first kappa shape index (κ1) is 17.1. The van der Waals surface area contributed by atoms with Crippen molar-refractivity contribution in [2.24, 2.45) is 7.05 Å². The predicted molar refractivity (Wildman–Crippen MR) is 101 cm³/mol. The smallest absolute Gasteiger partial charge is 0.228 e. The fraction of sp³-hybridized carbons (Fsp3) is 0.389. The molecule has 0 aliphatic carbocycles. The zero-order chi connectivity index (χ0) is 17.8. The summed E-state index contributed by atoms with van der Waals surface area (Å²) < 4.78 is 9.72. The molecule has 7 nitrogen and oxygen atoms in total. The van der Waals surface area contributed by atoms with Crippen LogP contribution in [0.2, 0.25) is 0 Å².